The maximum atomic E-state index is 10.9. The van der Waals surface area contributed by atoms with Gasteiger partial charge >= 0.3 is 0 Å². The van der Waals surface area contributed by atoms with Gasteiger partial charge in [0.05, 0.1) is 5.75 Å². The largest absolute Gasteiger partial charge is 0.355 e. The molecular formula is C11H21NOS. The molecule has 1 saturated carbocycles. The van der Waals surface area contributed by atoms with Gasteiger partial charge in [0.1, 0.15) is 0 Å². The molecule has 2 nitrogen and oxygen atoms in total. The molecule has 0 saturated heterocycles. The molecule has 82 valence electrons. The Labute approximate surface area is 92.2 Å². The Hall–Kier alpha value is -0.180. The van der Waals surface area contributed by atoms with Gasteiger partial charge in [0, 0.05) is 6.54 Å². The number of carbonyl (C=O) groups is 1. The Morgan fingerprint density at radius 2 is 2.29 bits per heavy atom. The summed E-state index contributed by atoms with van der Waals surface area (Å²) >= 11 is 3.92. The van der Waals surface area contributed by atoms with Crippen LogP contribution in [0, 0.1) is 11.8 Å². The molecule has 0 aromatic rings. The topological polar surface area (TPSA) is 29.1 Å². The van der Waals surface area contributed by atoms with Gasteiger partial charge in [-0.15, -0.1) is 0 Å². The maximum Gasteiger partial charge on any atom is 0.229 e. The van der Waals surface area contributed by atoms with E-state index >= 15 is 0 Å². The van der Waals surface area contributed by atoms with E-state index in [4.69, 9.17) is 0 Å². The van der Waals surface area contributed by atoms with E-state index in [1.54, 1.807) is 0 Å². The molecule has 0 aromatic heterocycles. The molecule has 0 radical (unpaired) electrons. The summed E-state index contributed by atoms with van der Waals surface area (Å²) in [5.41, 5.74) is 0. The lowest BCUT2D eigenvalue weighted by Gasteiger charge is -2.26. The van der Waals surface area contributed by atoms with Gasteiger partial charge in [-0.2, -0.15) is 12.6 Å². The Morgan fingerprint density at radius 3 is 2.93 bits per heavy atom. The second-order valence-electron chi connectivity index (χ2n) is 4.43. The van der Waals surface area contributed by atoms with Crippen LogP contribution in [0.3, 0.4) is 0 Å². The Morgan fingerprint density at radius 1 is 1.50 bits per heavy atom. The van der Waals surface area contributed by atoms with Crippen LogP contribution < -0.4 is 5.32 Å². The van der Waals surface area contributed by atoms with Crippen molar-refractivity contribution in [2.75, 3.05) is 12.3 Å². The van der Waals surface area contributed by atoms with Crippen LogP contribution in [0.2, 0.25) is 0 Å². The quantitative estimate of drug-likeness (QED) is 0.692. The monoisotopic (exact) mass is 215 g/mol. The van der Waals surface area contributed by atoms with Gasteiger partial charge in [0.15, 0.2) is 0 Å². The predicted molar refractivity (Wildman–Crippen MR) is 62.6 cm³/mol. The third-order valence-electron chi connectivity index (χ3n) is 3.06. The molecular weight excluding hydrogens is 194 g/mol. The number of rotatable bonds is 4. The molecule has 0 spiro atoms. The SMILES string of the molecule is CC1CCCC(CCNC(=O)CS)C1. The normalized spacial score (nSPS) is 27.3. The van der Waals surface area contributed by atoms with Crippen LogP contribution in [0.5, 0.6) is 0 Å². The van der Waals surface area contributed by atoms with Gasteiger partial charge in [-0.25, -0.2) is 0 Å². The van der Waals surface area contributed by atoms with Crippen molar-refractivity contribution < 1.29 is 4.79 Å². The van der Waals surface area contributed by atoms with Crippen molar-refractivity contribution in [2.24, 2.45) is 11.8 Å². The molecule has 0 bridgehead atoms. The summed E-state index contributed by atoms with van der Waals surface area (Å²) in [6.07, 6.45) is 6.59. The smallest absolute Gasteiger partial charge is 0.229 e. The molecule has 1 amide bonds. The minimum atomic E-state index is 0.0530. The van der Waals surface area contributed by atoms with E-state index < -0.39 is 0 Å². The summed E-state index contributed by atoms with van der Waals surface area (Å²) in [7, 11) is 0. The Balaban J connectivity index is 2.08. The Bertz CT molecular complexity index is 184. The van der Waals surface area contributed by atoms with Gasteiger partial charge < -0.3 is 5.32 Å². The lowest BCUT2D eigenvalue weighted by molar-refractivity contribution is -0.118. The van der Waals surface area contributed by atoms with Crippen LogP contribution in [0.1, 0.15) is 39.0 Å². The van der Waals surface area contributed by atoms with Crippen LogP contribution >= 0.6 is 12.6 Å². The van der Waals surface area contributed by atoms with Gasteiger partial charge in [-0.1, -0.05) is 26.2 Å². The number of hydrogen-bond acceptors (Lipinski definition) is 2. The third kappa shape index (κ3) is 4.36. The van der Waals surface area contributed by atoms with Crippen molar-refractivity contribution in [2.45, 2.75) is 39.0 Å². The highest BCUT2D eigenvalue weighted by Crippen LogP contribution is 2.30. The third-order valence-corrected chi connectivity index (χ3v) is 3.35. The van der Waals surface area contributed by atoms with Crippen LogP contribution in [0.4, 0.5) is 0 Å². The van der Waals surface area contributed by atoms with Crippen LogP contribution in [-0.2, 0) is 4.79 Å². The fourth-order valence-electron chi connectivity index (χ4n) is 2.29. The van der Waals surface area contributed by atoms with Crippen molar-refractivity contribution in [3.8, 4) is 0 Å². The highest BCUT2D eigenvalue weighted by Gasteiger charge is 2.18. The van der Waals surface area contributed by atoms with E-state index in [0.29, 0.717) is 5.75 Å². The fraction of sp³-hybridized carbons (Fsp3) is 0.909. The second-order valence-corrected chi connectivity index (χ2v) is 4.75. The number of amides is 1. The second kappa shape index (κ2) is 6.33. The molecule has 2 unspecified atom stereocenters. The average Bonchev–Trinajstić information content (AvgIpc) is 2.17. The number of thiol groups is 1. The molecule has 0 aromatic carbocycles. The zero-order valence-corrected chi connectivity index (χ0v) is 9.85. The summed E-state index contributed by atoms with van der Waals surface area (Å²) in [4.78, 5) is 10.9. The van der Waals surface area contributed by atoms with E-state index in [2.05, 4.69) is 24.9 Å². The molecule has 1 rings (SSSR count). The lowest BCUT2D eigenvalue weighted by atomic mass is 9.81. The first-order valence-electron chi connectivity index (χ1n) is 5.60. The van der Waals surface area contributed by atoms with Crippen molar-refractivity contribution in [1.29, 1.82) is 0 Å². The lowest BCUT2D eigenvalue weighted by Crippen LogP contribution is -2.27. The van der Waals surface area contributed by atoms with Crippen molar-refractivity contribution in [3.05, 3.63) is 0 Å². The minimum absolute atomic E-state index is 0.0530. The van der Waals surface area contributed by atoms with E-state index in [0.717, 1.165) is 24.8 Å². The number of nitrogens with one attached hydrogen (secondary N) is 1. The summed E-state index contributed by atoms with van der Waals surface area (Å²) in [5, 5.41) is 2.88. The molecule has 2 atom stereocenters. The van der Waals surface area contributed by atoms with Crippen molar-refractivity contribution in [1.82, 2.24) is 5.32 Å². The van der Waals surface area contributed by atoms with E-state index in [-0.39, 0.29) is 5.91 Å². The Kier molecular flexibility index (Phi) is 5.38. The molecule has 1 N–H and O–H groups in total. The highest BCUT2D eigenvalue weighted by atomic mass is 32.1. The summed E-state index contributed by atoms with van der Waals surface area (Å²) in [6, 6.07) is 0. The summed E-state index contributed by atoms with van der Waals surface area (Å²) in [5.74, 6) is 2.08. The first kappa shape index (κ1) is 11.9. The average molecular weight is 215 g/mol. The fourth-order valence-corrected chi connectivity index (χ4v) is 2.41. The molecule has 1 aliphatic rings. The summed E-state index contributed by atoms with van der Waals surface area (Å²) < 4.78 is 0. The number of carbonyl (C=O) groups excluding carboxylic acids is 1. The first-order valence-corrected chi connectivity index (χ1v) is 6.23. The molecule has 3 heteroatoms. The first-order chi connectivity index (χ1) is 6.72. The maximum absolute atomic E-state index is 10.9. The van der Waals surface area contributed by atoms with E-state index in [9.17, 15) is 4.79 Å². The van der Waals surface area contributed by atoms with E-state index in [1.165, 1.54) is 25.7 Å². The zero-order chi connectivity index (χ0) is 10.4. The van der Waals surface area contributed by atoms with Crippen LogP contribution in [-0.4, -0.2) is 18.2 Å². The molecule has 0 aliphatic heterocycles. The van der Waals surface area contributed by atoms with E-state index in [1.807, 2.05) is 0 Å². The number of hydrogen-bond donors (Lipinski definition) is 2. The van der Waals surface area contributed by atoms with Gasteiger partial charge in [0.25, 0.3) is 0 Å². The van der Waals surface area contributed by atoms with Crippen molar-refractivity contribution in [3.63, 3.8) is 0 Å². The van der Waals surface area contributed by atoms with Crippen LogP contribution in [0.15, 0.2) is 0 Å². The minimum Gasteiger partial charge on any atom is -0.355 e. The molecule has 1 fully saturated rings. The summed E-state index contributed by atoms with van der Waals surface area (Å²) in [6.45, 7) is 3.16. The van der Waals surface area contributed by atoms with Gasteiger partial charge in [0.2, 0.25) is 5.91 Å². The molecule has 0 heterocycles. The molecule has 1 aliphatic carbocycles. The molecule has 14 heavy (non-hydrogen) atoms. The standard InChI is InChI=1S/C11H21NOS/c1-9-3-2-4-10(7-9)5-6-12-11(13)8-14/h9-10,14H,2-8H2,1H3,(H,12,13). The zero-order valence-electron chi connectivity index (χ0n) is 8.96. The van der Waals surface area contributed by atoms with Gasteiger partial charge in [-0.3, -0.25) is 4.79 Å². The highest BCUT2D eigenvalue weighted by molar-refractivity contribution is 7.81. The van der Waals surface area contributed by atoms with Crippen LogP contribution in [0.25, 0.3) is 0 Å². The van der Waals surface area contributed by atoms with Crippen molar-refractivity contribution >= 4 is 18.5 Å². The van der Waals surface area contributed by atoms with Gasteiger partial charge in [-0.05, 0) is 24.7 Å². The predicted octanol–water partition coefficient (Wildman–Crippen LogP) is 2.25.